The van der Waals surface area contributed by atoms with E-state index in [1.54, 1.807) is 11.3 Å². The van der Waals surface area contributed by atoms with E-state index in [0.29, 0.717) is 18.7 Å². The fourth-order valence-corrected chi connectivity index (χ4v) is 5.50. The zero-order valence-electron chi connectivity index (χ0n) is 26.8. The Morgan fingerprint density at radius 2 is 1.05 bits per heavy atom. The summed E-state index contributed by atoms with van der Waals surface area (Å²) in [6, 6.07) is 0. The minimum atomic E-state index is -0.460. The Bertz CT molecular complexity index is 773. The van der Waals surface area contributed by atoms with Crippen LogP contribution in [0.2, 0.25) is 0 Å². The number of carbonyl (C=O) groups is 2. The van der Waals surface area contributed by atoms with Crippen LogP contribution in [0.4, 0.5) is 9.59 Å². The maximum atomic E-state index is 11.9. The molecule has 0 aliphatic carbocycles. The first-order valence-electron chi connectivity index (χ1n) is 17.0. The van der Waals surface area contributed by atoms with Crippen LogP contribution in [0.5, 0.6) is 0 Å². The predicted octanol–water partition coefficient (Wildman–Crippen LogP) is 9.26. The van der Waals surface area contributed by atoms with Crippen LogP contribution < -0.4 is 15.2 Å². The van der Waals surface area contributed by atoms with E-state index in [1.807, 2.05) is 0 Å². The topological polar surface area (TPSA) is 80.5 Å². The predicted molar refractivity (Wildman–Crippen MR) is 175 cm³/mol. The van der Waals surface area contributed by atoms with Gasteiger partial charge in [0, 0.05) is 19.5 Å². The van der Waals surface area contributed by atoms with Gasteiger partial charge in [0.15, 0.2) is 6.20 Å². The Labute approximate surface area is 261 Å². The third kappa shape index (κ3) is 25.6. The SMILES string of the molecule is C=C(COC(=O)NCCCCCCCCCCCCCCCCCC)COC(=O)NCCCCCCC[n+]1ccsc1. The van der Waals surface area contributed by atoms with E-state index in [1.165, 1.54) is 103 Å². The van der Waals surface area contributed by atoms with Gasteiger partial charge in [0.1, 0.15) is 19.8 Å². The van der Waals surface area contributed by atoms with Crippen molar-refractivity contribution < 1.29 is 23.6 Å². The van der Waals surface area contributed by atoms with E-state index in [0.717, 1.165) is 38.6 Å². The van der Waals surface area contributed by atoms with Crippen LogP contribution in [0.25, 0.3) is 0 Å². The molecule has 0 fully saturated rings. The second-order valence-corrected chi connectivity index (χ2v) is 12.3. The van der Waals surface area contributed by atoms with Gasteiger partial charge in [0.05, 0.1) is 5.38 Å². The number of amides is 2. The molecule has 1 heterocycles. The Kier molecular flexibility index (Phi) is 26.2. The van der Waals surface area contributed by atoms with Gasteiger partial charge in [-0.15, -0.1) is 0 Å². The summed E-state index contributed by atoms with van der Waals surface area (Å²) in [5, 5.41) is 7.64. The normalized spacial score (nSPS) is 10.9. The molecule has 42 heavy (non-hydrogen) atoms. The summed E-state index contributed by atoms with van der Waals surface area (Å²) in [5.41, 5.74) is 2.68. The Balaban J connectivity index is 1.79. The van der Waals surface area contributed by atoms with Crippen molar-refractivity contribution in [2.24, 2.45) is 0 Å². The summed E-state index contributed by atoms with van der Waals surface area (Å²) < 4.78 is 12.5. The zero-order chi connectivity index (χ0) is 30.4. The van der Waals surface area contributed by atoms with Gasteiger partial charge in [-0.1, -0.05) is 134 Å². The van der Waals surface area contributed by atoms with Gasteiger partial charge in [-0.3, -0.25) is 0 Å². The molecule has 0 aliphatic heterocycles. The van der Waals surface area contributed by atoms with Crippen LogP contribution >= 0.6 is 11.3 Å². The molecule has 0 aromatic carbocycles. The lowest BCUT2D eigenvalue weighted by Crippen LogP contribution is -2.29. The average molecular weight is 609 g/mol. The van der Waals surface area contributed by atoms with E-state index in [9.17, 15) is 9.59 Å². The van der Waals surface area contributed by atoms with E-state index < -0.39 is 12.2 Å². The number of carbonyl (C=O) groups excluding carboxylic acids is 2. The number of nitrogens with one attached hydrogen (secondary N) is 2. The highest BCUT2D eigenvalue weighted by atomic mass is 32.1. The summed E-state index contributed by atoms with van der Waals surface area (Å²) in [7, 11) is 0. The number of thiazole rings is 1. The highest BCUT2D eigenvalue weighted by molar-refractivity contribution is 7.07. The lowest BCUT2D eigenvalue weighted by atomic mass is 10.0. The summed E-state index contributed by atoms with van der Waals surface area (Å²) >= 11 is 1.72. The standard InChI is InChI=1S/C34H61N3O4S/c1-3-4-5-6-7-8-9-10-11-12-13-14-15-16-18-21-24-35-33(38)40-29-32(2)30-41-34(39)36-25-22-19-17-20-23-26-37-27-28-42-31-37/h27-28,31H,2-26,29-30H2,1H3,(H-,35,36,38,39)/p+1. The molecule has 242 valence electrons. The maximum Gasteiger partial charge on any atom is 0.407 e. The first-order valence-corrected chi connectivity index (χ1v) is 17.9. The Morgan fingerprint density at radius 1 is 0.643 bits per heavy atom. The first kappa shape index (κ1) is 37.9. The fraction of sp³-hybridized carbons (Fsp3) is 0.794. The maximum absolute atomic E-state index is 11.9. The molecule has 0 atom stereocenters. The number of aryl methyl sites for hydroxylation is 1. The van der Waals surface area contributed by atoms with E-state index in [2.05, 4.69) is 45.8 Å². The van der Waals surface area contributed by atoms with Gasteiger partial charge >= 0.3 is 12.2 Å². The van der Waals surface area contributed by atoms with Crippen molar-refractivity contribution in [2.45, 2.75) is 148 Å². The number of ether oxygens (including phenoxy) is 2. The molecule has 8 heteroatoms. The molecule has 0 unspecified atom stereocenters. The average Bonchev–Trinajstić information content (AvgIpc) is 3.51. The molecule has 0 saturated carbocycles. The highest BCUT2D eigenvalue weighted by Gasteiger charge is 2.06. The molecule has 0 aliphatic rings. The molecule has 2 N–H and O–H groups in total. The van der Waals surface area contributed by atoms with Gasteiger partial charge < -0.3 is 20.1 Å². The second kappa shape index (κ2) is 29.0. The van der Waals surface area contributed by atoms with Gasteiger partial charge in [0.25, 0.3) is 0 Å². The van der Waals surface area contributed by atoms with Gasteiger partial charge in [0.2, 0.25) is 5.51 Å². The molecule has 0 bridgehead atoms. The molecule has 0 radical (unpaired) electrons. The van der Waals surface area contributed by atoms with Crippen molar-refractivity contribution >= 4 is 23.5 Å². The monoisotopic (exact) mass is 608 g/mol. The fourth-order valence-electron chi connectivity index (χ4n) is 4.87. The number of nitrogens with zero attached hydrogens (tertiary/aromatic N) is 1. The van der Waals surface area contributed by atoms with Crippen molar-refractivity contribution in [3.8, 4) is 0 Å². The van der Waals surface area contributed by atoms with Crippen molar-refractivity contribution in [1.82, 2.24) is 10.6 Å². The van der Waals surface area contributed by atoms with Crippen LogP contribution in [-0.4, -0.2) is 38.5 Å². The Hall–Kier alpha value is -2.09. The first-order chi connectivity index (χ1) is 20.6. The molecular formula is C34H62N3O4S+. The van der Waals surface area contributed by atoms with E-state index in [-0.39, 0.29) is 13.2 Å². The van der Waals surface area contributed by atoms with Crippen LogP contribution in [0.1, 0.15) is 142 Å². The molecule has 1 aromatic rings. The third-order valence-corrected chi connectivity index (χ3v) is 8.18. The number of hydrogen-bond acceptors (Lipinski definition) is 5. The van der Waals surface area contributed by atoms with Crippen LogP contribution in [-0.2, 0) is 16.0 Å². The van der Waals surface area contributed by atoms with Crippen LogP contribution in [0, 0.1) is 0 Å². The zero-order valence-corrected chi connectivity index (χ0v) is 27.6. The highest BCUT2D eigenvalue weighted by Crippen LogP contribution is 2.13. The quantitative estimate of drug-likeness (QED) is 0.0540. The molecular weight excluding hydrogens is 546 g/mol. The minimum absolute atomic E-state index is 0.0402. The van der Waals surface area contributed by atoms with Crippen LogP contribution in [0.15, 0.2) is 29.2 Å². The lowest BCUT2D eigenvalue weighted by Gasteiger charge is -2.10. The molecule has 2 amide bonds. The van der Waals surface area contributed by atoms with Crippen molar-refractivity contribution in [2.75, 3.05) is 26.3 Å². The van der Waals surface area contributed by atoms with Crippen molar-refractivity contribution in [3.63, 3.8) is 0 Å². The lowest BCUT2D eigenvalue weighted by molar-refractivity contribution is -0.692. The summed E-state index contributed by atoms with van der Waals surface area (Å²) in [6.07, 6.45) is 28.0. The number of aromatic nitrogens is 1. The Morgan fingerprint density at radius 3 is 1.45 bits per heavy atom. The molecule has 1 aromatic heterocycles. The molecule has 7 nitrogen and oxygen atoms in total. The number of unbranched alkanes of at least 4 members (excludes halogenated alkanes) is 19. The van der Waals surface area contributed by atoms with Gasteiger partial charge in [-0.05, 0) is 24.8 Å². The van der Waals surface area contributed by atoms with Gasteiger partial charge in [-0.25, -0.2) is 9.59 Å². The number of alkyl carbamates (subject to hydrolysis) is 2. The molecule has 0 spiro atoms. The minimum Gasteiger partial charge on any atom is -0.445 e. The van der Waals surface area contributed by atoms with Crippen molar-refractivity contribution in [1.29, 1.82) is 0 Å². The number of rotatable bonds is 29. The van der Waals surface area contributed by atoms with E-state index in [4.69, 9.17) is 9.47 Å². The summed E-state index contributed by atoms with van der Waals surface area (Å²) in [4.78, 5) is 23.7. The summed E-state index contributed by atoms with van der Waals surface area (Å²) in [5.74, 6) is 0. The molecule has 0 saturated heterocycles. The van der Waals surface area contributed by atoms with Gasteiger partial charge in [-0.2, -0.15) is 4.57 Å². The largest absolute Gasteiger partial charge is 0.445 e. The smallest absolute Gasteiger partial charge is 0.407 e. The second-order valence-electron chi connectivity index (χ2n) is 11.6. The van der Waals surface area contributed by atoms with Crippen molar-refractivity contribution in [3.05, 3.63) is 29.2 Å². The van der Waals surface area contributed by atoms with Crippen LogP contribution in [0.3, 0.4) is 0 Å². The van der Waals surface area contributed by atoms with E-state index >= 15 is 0 Å². The third-order valence-electron chi connectivity index (χ3n) is 7.50. The molecule has 1 rings (SSSR count). The summed E-state index contributed by atoms with van der Waals surface area (Å²) in [6.45, 7) is 8.48. The number of hydrogen-bond donors (Lipinski definition) is 2.